The number of hydrogen-bond donors (Lipinski definition) is 0. The van der Waals surface area contributed by atoms with Gasteiger partial charge in [0, 0.05) is 5.88 Å². The normalized spacial score (nSPS) is 11.4. The molecule has 0 aromatic heterocycles. The van der Waals surface area contributed by atoms with E-state index < -0.39 is 0 Å². The fraction of sp³-hybridized carbons (Fsp3) is 0.333. The van der Waals surface area contributed by atoms with Crippen LogP contribution in [0.25, 0.3) is 0 Å². The Morgan fingerprint density at radius 1 is 1.00 bits per heavy atom. The van der Waals surface area contributed by atoms with Gasteiger partial charge in [0.15, 0.2) is 0 Å². The smallest absolute Gasteiger partial charge is 0.130 e. The number of rotatable bonds is 3. The van der Waals surface area contributed by atoms with Crippen LogP contribution in [0.4, 0.5) is 0 Å². The molecule has 0 amide bonds. The van der Waals surface area contributed by atoms with Gasteiger partial charge < -0.3 is 4.74 Å². The number of alkyl halides is 1. The van der Waals surface area contributed by atoms with Crippen molar-refractivity contribution in [3.05, 3.63) is 59.2 Å². The minimum atomic E-state index is 0.160. The monoisotopic (exact) mass is 288 g/mol. The molecule has 0 aliphatic heterocycles. The van der Waals surface area contributed by atoms with E-state index >= 15 is 0 Å². The summed E-state index contributed by atoms with van der Waals surface area (Å²) >= 11 is 5.87. The first-order valence-corrected chi connectivity index (χ1v) is 7.37. The van der Waals surface area contributed by atoms with E-state index in [2.05, 4.69) is 32.9 Å². The van der Waals surface area contributed by atoms with Gasteiger partial charge in [-0.3, -0.25) is 0 Å². The molecular formula is C18H21ClO. The molecule has 0 atom stereocenters. The molecule has 0 unspecified atom stereocenters. The number of aryl methyl sites for hydroxylation is 1. The van der Waals surface area contributed by atoms with Crippen LogP contribution >= 0.6 is 11.6 Å². The van der Waals surface area contributed by atoms with Crippen LogP contribution in [0.5, 0.6) is 11.5 Å². The quantitative estimate of drug-likeness (QED) is 0.646. The predicted molar refractivity (Wildman–Crippen MR) is 86.0 cm³/mol. The van der Waals surface area contributed by atoms with Crippen molar-refractivity contribution in [2.24, 2.45) is 0 Å². The number of halogens is 1. The van der Waals surface area contributed by atoms with Crippen molar-refractivity contribution in [1.29, 1.82) is 0 Å². The minimum absolute atomic E-state index is 0.160. The largest absolute Gasteiger partial charge is 0.457 e. The summed E-state index contributed by atoms with van der Waals surface area (Å²) in [6.45, 7) is 8.65. The molecule has 0 bridgehead atoms. The van der Waals surface area contributed by atoms with Crippen molar-refractivity contribution < 1.29 is 4.74 Å². The highest BCUT2D eigenvalue weighted by molar-refractivity contribution is 6.17. The molecule has 0 radical (unpaired) electrons. The molecule has 2 heteroatoms. The summed E-state index contributed by atoms with van der Waals surface area (Å²) < 4.78 is 5.96. The molecule has 2 aromatic carbocycles. The highest BCUT2D eigenvalue weighted by Gasteiger charge is 2.13. The summed E-state index contributed by atoms with van der Waals surface area (Å²) in [7, 11) is 0. The Balaban J connectivity index is 2.22. The van der Waals surface area contributed by atoms with E-state index in [9.17, 15) is 0 Å². The van der Waals surface area contributed by atoms with Gasteiger partial charge in [0.1, 0.15) is 11.5 Å². The topological polar surface area (TPSA) is 9.23 Å². The molecule has 2 rings (SSSR count). The average Bonchev–Trinajstić information content (AvgIpc) is 2.41. The summed E-state index contributed by atoms with van der Waals surface area (Å²) in [5.74, 6) is 2.22. The fourth-order valence-electron chi connectivity index (χ4n) is 1.99. The van der Waals surface area contributed by atoms with E-state index in [0.717, 1.165) is 22.6 Å². The molecule has 0 N–H and O–H groups in total. The fourth-order valence-corrected chi connectivity index (χ4v) is 2.15. The average molecular weight is 289 g/mol. The third-order valence-corrected chi connectivity index (χ3v) is 3.66. The van der Waals surface area contributed by atoms with Crippen molar-refractivity contribution in [3.8, 4) is 11.5 Å². The summed E-state index contributed by atoms with van der Waals surface area (Å²) in [4.78, 5) is 0. The second kappa shape index (κ2) is 5.88. The molecule has 0 saturated heterocycles. The SMILES string of the molecule is Cc1ccc(CCl)cc1Oc1ccc(C(C)(C)C)cc1. The van der Waals surface area contributed by atoms with Gasteiger partial charge in [-0.05, 0) is 47.2 Å². The van der Waals surface area contributed by atoms with Gasteiger partial charge in [-0.2, -0.15) is 0 Å². The van der Waals surface area contributed by atoms with Gasteiger partial charge >= 0.3 is 0 Å². The lowest BCUT2D eigenvalue weighted by atomic mass is 9.87. The van der Waals surface area contributed by atoms with E-state index in [1.54, 1.807) is 0 Å². The van der Waals surface area contributed by atoms with Gasteiger partial charge in [0.25, 0.3) is 0 Å². The van der Waals surface area contributed by atoms with E-state index in [1.807, 2.05) is 37.3 Å². The third-order valence-electron chi connectivity index (χ3n) is 3.36. The van der Waals surface area contributed by atoms with Gasteiger partial charge in [0.05, 0.1) is 0 Å². The van der Waals surface area contributed by atoms with E-state index in [0.29, 0.717) is 5.88 Å². The van der Waals surface area contributed by atoms with Gasteiger partial charge in [-0.25, -0.2) is 0 Å². The Kier molecular flexibility index (Phi) is 4.39. The van der Waals surface area contributed by atoms with Crippen LogP contribution in [-0.4, -0.2) is 0 Å². The second-order valence-electron chi connectivity index (χ2n) is 6.11. The zero-order valence-electron chi connectivity index (χ0n) is 12.5. The summed E-state index contributed by atoms with van der Waals surface area (Å²) in [5, 5.41) is 0. The first-order chi connectivity index (χ1) is 9.40. The number of benzene rings is 2. The molecule has 0 saturated carbocycles. The van der Waals surface area contributed by atoms with Gasteiger partial charge in [-0.1, -0.05) is 45.0 Å². The van der Waals surface area contributed by atoms with Crippen LogP contribution in [0, 0.1) is 6.92 Å². The van der Waals surface area contributed by atoms with Crippen LogP contribution in [-0.2, 0) is 11.3 Å². The molecule has 0 aliphatic rings. The van der Waals surface area contributed by atoms with Crippen LogP contribution in [0.15, 0.2) is 42.5 Å². The molecule has 20 heavy (non-hydrogen) atoms. The second-order valence-corrected chi connectivity index (χ2v) is 6.38. The Bertz CT molecular complexity index is 579. The van der Waals surface area contributed by atoms with Crippen LogP contribution in [0.2, 0.25) is 0 Å². The molecule has 0 aliphatic carbocycles. The Morgan fingerprint density at radius 2 is 1.65 bits per heavy atom. The number of hydrogen-bond acceptors (Lipinski definition) is 1. The zero-order valence-corrected chi connectivity index (χ0v) is 13.3. The van der Waals surface area contributed by atoms with Crippen LogP contribution in [0.1, 0.15) is 37.5 Å². The zero-order chi connectivity index (χ0) is 14.8. The minimum Gasteiger partial charge on any atom is -0.457 e. The molecule has 0 fully saturated rings. The maximum Gasteiger partial charge on any atom is 0.130 e. The Labute approximate surface area is 126 Å². The lowest BCUT2D eigenvalue weighted by molar-refractivity contribution is 0.477. The third kappa shape index (κ3) is 3.55. The molecule has 0 spiro atoms. The van der Waals surface area contributed by atoms with Crippen LogP contribution < -0.4 is 4.74 Å². The van der Waals surface area contributed by atoms with Crippen molar-refractivity contribution in [2.75, 3.05) is 0 Å². The van der Waals surface area contributed by atoms with E-state index in [-0.39, 0.29) is 5.41 Å². The Hall–Kier alpha value is -1.47. The first kappa shape index (κ1) is 14.9. The predicted octanol–water partition coefficient (Wildman–Crippen LogP) is 5.82. The van der Waals surface area contributed by atoms with Crippen molar-refractivity contribution in [3.63, 3.8) is 0 Å². The number of ether oxygens (including phenoxy) is 1. The lowest BCUT2D eigenvalue weighted by Gasteiger charge is -2.19. The standard InChI is InChI=1S/C18H21ClO/c1-13-5-6-14(12-19)11-17(13)20-16-9-7-15(8-10-16)18(2,3)4/h5-11H,12H2,1-4H3. The lowest BCUT2D eigenvalue weighted by Crippen LogP contribution is -2.10. The first-order valence-electron chi connectivity index (χ1n) is 6.84. The van der Waals surface area contributed by atoms with E-state index in [4.69, 9.17) is 16.3 Å². The molecule has 1 nitrogen and oxygen atoms in total. The van der Waals surface area contributed by atoms with E-state index in [1.165, 1.54) is 5.56 Å². The molecule has 2 aromatic rings. The summed E-state index contributed by atoms with van der Waals surface area (Å²) in [5.41, 5.74) is 3.64. The van der Waals surface area contributed by atoms with Crippen LogP contribution in [0.3, 0.4) is 0 Å². The van der Waals surface area contributed by atoms with Crippen molar-refractivity contribution >= 4 is 11.6 Å². The Morgan fingerprint density at radius 3 is 2.20 bits per heavy atom. The molecular weight excluding hydrogens is 268 g/mol. The maximum absolute atomic E-state index is 5.96. The van der Waals surface area contributed by atoms with Crippen molar-refractivity contribution in [2.45, 2.75) is 39.0 Å². The summed E-state index contributed by atoms with van der Waals surface area (Å²) in [6.07, 6.45) is 0. The summed E-state index contributed by atoms with van der Waals surface area (Å²) in [6, 6.07) is 14.3. The van der Waals surface area contributed by atoms with Gasteiger partial charge in [0.2, 0.25) is 0 Å². The maximum atomic E-state index is 5.96. The van der Waals surface area contributed by atoms with Crippen molar-refractivity contribution in [1.82, 2.24) is 0 Å². The van der Waals surface area contributed by atoms with Gasteiger partial charge in [-0.15, -0.1) is 11.6 Å². The molecule has 0 heterocycles. The highest BCUT2D eigenvalue weighted by Crippen LogP contribution is 2.29. The highest BCUT2D eigenvalue weighted by atomic mass is 35.5. The molecule has 106 valence electrons.